The molecule has 9 aromatic carbocycles. The Morgan fingerprint density at radius 1 is 0.130 bits per heavy atom. The van der Waals surface area contributed by atoms with Crippen LogP contribution >= 0.6 is 0 Å². The van der Waals surface area contributed by atoms with E-state index in [2.05, 4.69) is 231 Å². The highest BCUT2D eigenvalue weighted by atomic mass is 14.2. The fraction of sp³-hybridized carbons (Fsp3) is 0. The van der Waals surface area contributed by atoms with Crippen molar-refractivity contribution in [3.63, 3.8) is 0 Å². The zero-order chi connectivity index (χ0) is 36.1. The van der Waals surface area contributed by atoms with Crippen LogP contribution in [0.5, 0.6) is 0 Å². The molecule has 0 heteroatoms. The van der Waals surface area contributed by atoms with Crippen LogP contribution in [0.1, 0.15) is 0 Å². The van der Waals surface area contributed by atoms with Gasteiger partial charge in [-0.25, -0.2) is 0 Å². The summed E-state index contributed by atoms with van der Waals surface area (Å²) < 4.78 is 0. The Labute approximate surface area is 318 Å². The summed E-state index contributed by atoms with van der Waals surface area (Å²) in [4.78, 5) is 0. The van der Waals surface area contributed by atoms with Gasteiger partial charge < -0.3 is 0 Å². The lowest BCUT2D eigenvalue weighted by Gasteiger charge is -2.20. The Hall–Kier alpha value is -7.02. The number of hydrogen-bond acceptors (Lipinski definition) is 0. The van der Waals surface area contributed by atoms with Crippen molar-refractivity contribution in [2.45, 2.75) is 0 Å². The van der Waals surface area contributed by atoms with Crippen molar-refractivity contribution in [3.05, 3.63) is 231 Å². The molecule has 0 unspecified atom stereocenters. The smallest absolute Gasteiger partial charge is 0.00984 e. The highest BCUT2D eigenvalue weighted by Crippen LogP contribution is 2.45. The minimum atomic E-state index is 1.18. The van der Waals surface area contributed by atoms with Gasteiger partial charge in [-0.2, -0.15) is 0 Å². The van der Waals surface area contributed by atoms with Gasteiger partial charge >= 0.3 is 0 Å². The summed E-state index contributed by atoms with van der Waals surface area (Å²) in [6.45, 7) is 0. The van der Waals surface area contributed by atoms with Crippen LogP contribution in [0.25, 0.3) is 89.0 Å². The van der Waals surface area contributed by atoms with Gasteiger partial charge in [0.25, 0.3) is 0 Å². The molecular formula is C54H38. The lowest BCUT2D eigenvalue weighted by Crippen LogP contribution is -1.94. The van der Waals surface area contributed by atoms with Gasteiger partial charge in [-0.1, -0.05) is 182 Å². The summed E-state index contributed by atoms with van der Waals surface area (Å²) in [6, 6.07) is 83.6. The first-order valence-corrected chi connectivity index (χ1v) is 18.6. The van der Waals surface area contributed by atoms with Crippen molar-refractivity contribution in [1.82, 2.24) is 0 Å². The molecular weight excluding hydrogens is 649 g/mol. The maximum Gasteiger partial charge on any atom is -0.00984 e. The molecule has 0 spiro atoms. The van der Waals surface area contributed by atoms with Crippen LogP contribution in [0.2, 0.25) is 0 Å². The van der Waals surface area contributed by atoms with Gasteiger partial charge in [0.2, 0.25) is 0 Å². The Morgan fingerprint density at radius 3 is 0.556 bits per heavy atom. The third-order valence-corrected chi connectivity index (χ3v) is 10.2. The first-order chi connectivity index (χ1) is 26.8. The molecule has 0 N–H and O–H groups in total. The van der Waals surface area contributed by atoms with Crippen molar-refractivity contribution in [1.29, 1.82) is 0 Å². The molecule has 0 atom stereocenters. The maximum absolute atomic E-state index is 2.43. The lowest BCUT2D eigenvalue weighted by molar-refractivity contribution is 1.52. The molecule has 0 nitrogen and oxygen atoms in total. The molecule has 9 rings (SSSR count). The van der Waals surface area contributed by atoms with Crippen LogP contribution in [-0.4, -0.2) is 0 Å². The van der Waals surface area contributed by atoms with Crippen LogP contribution in [0, 0.1) is 0 Å². The number of rotatable bonds is 8. The van der Waals surface area contributed by atoms with Crippen molar-refractivity contribution >= 4 is 0 Å². The topological polar surface area (TPSA) is 0 Å². The first kappa shape index (κ1) is 32.9. The van der Waals surface area contributed by atoms with E-state index in [1.807, 2.05) is 0 Å². The average molecular weight is 687 g/mol. The summed E-state index contributed by atoms with van der Waals surface area (Å²) in [5, 5.41) is 0. The van der Waals surface area contributed by atoms with Crippen molar-refractivity contribution in [2.75, 3.05) is 0 Å². The van der Waals surface area contributed by atoms with E-state index >= 15 is 0 Å². The number of hydrogen-bond donors (Lipinski definition) is 0. The highest BCUT2D eigenvalue weighted by Gasteiger charge is 2.19. The third kappa shape index (κ3) is 6.82. The predicted molar refractivity (Wildman–Crippen MR) is 230 cm³/mol. The molecule has 54 heavy (non-hydrogen) atoms. The molecule has 0 amide bonds. The second-order valence-corrected chi connectivity index (χ2v) is 13.7. The minimum absolute atomic E-state index is 1.18. The van der Waals surface area contributed by atoms with E-state index in [0.29, 0.717) is 0 Å². The Balaban J connectivity index is 1.35. The summed E-state index contributed by atoms with van der Waals surface area (Å²) in [5.74, 6) is 0. The van der Waals surface area contributed by atoms with E-state index in [0.717, 1.165) is 0 Å². The van der Waals surface area contributed by atoms with E-state index in [1.165, 1.54) is 89.0 Å². The van der Waals surface area contributed by atoms with Crippen molar-refractivity contribution in [2.24, 2.45) is 0 Å². The molecule has 0 bridgehead atoms. The monoisotopic (exact) mass is 686 g/mol. The zero-order valence-corrected chi connectivity index (χ0v) is 29.9. The molecule has 0 aliphatic rings. The summed E-state index contributed by atoms with van der Waals surface area (Å²) in [5.41, 5.74) is 19.1. The Bertz CT molecular complexity index is 2340. The van der Waals surface area contributed by atoms with Gasteiger partial charge in [0, 0.05) is 0 Å². The molecule has 0 aromatic heterocycles. The summed E-state index contributed by atoms with van der Waals surface area (Å²) >= 11 is 0. The van der Waals surface area contributed by atoms with Gasteiger partial charge in [-0.05, 0) is 138 Å². The molecule has 0 aliphatic heterocycles. The highest BCUT2D eigenvalue weighted by molar-refractivity contribution is 5.98. The largest absolute Gasteiger partial charge is 0.0622 e. The molecule has 0 fully saturated rings. The normalized spacial score (nSPS) is 11.0. The van der Waals surface area contributed by atoms with E-state index in [4.69, 9.17) is 0 Å². The SMILES string of the molecule is c1ccc(-c2cc(-c3ccccc3)cc(-c3cc(-c4ccccc4)c(-c4cc(-c5ccccc5)cc(-c5ccccc5)c4)cc3-c3ccccc3)c2)cc1. The number of benzene rings is 9. The van der Waals surface area contributed by atoms with Crippen LogP contribution < -0.4 is 0 Å². The van der Waals surface area contributed by atoms with Crippen LogP contribution in [0.3, 0.4) is 0 Å². The second-order valence-electron chi connectivity index (χ2n) is 13.7. The van der Waals surface area contributed by atoms with Crippen molar-refractivity contribution < 1.29 is 0 Å². The van der Waals surface area contributed by atoms with E-state index < -0.39 is 0 Å². The fourth-order valence-corrected chi connectivity index (χ4v) is 7.55. The quantitative estimate of drug-likeness (QED) is 0.149. The molecule has 0 saturated heterocycles. The maximum atomic E-state index is 2.43. The van der Waals surface area contributed by atoms with Gasteiger partial charge in [-0.3, -0.25) is 0 Å². The first-order valence-electron chi connectivity index (χ1n) is 18.6. The molecule has 254 valence electrons. The summed E-state index contributed by atoms with van der Waals surface area (Å²) in [6.07, 6.45) is 0. The van der Waals surface area contributed by atoms with Crippen LogP contribution in [0.4, 0.5) is 0 Å². The van der Waals surface area contributed by atoms with Gasteiger partial charge in [0.1, 0.15) is 0 Å². The second kappa shape index (κ2) is 14.9. The predicted octanol–water partition coefficient (Wildman–Crippen LogP) is 15.0. The Kier molecular flexibility index (Phi) is 9.07. The molecule has 0 heterocycles. The van der Waals surface area contributed by atoms with Crippen LogP contribution in [-0.2, 0) is 0 Å². The standard InChI is InChI=1S/C54H38/c1-7-19-39(20-8-1)45-31-46(40-21-9-2-10-22-40)34-49(33-45)53-37-52(44-29-17-6-18-30-44)54(38-51(53)43-27-15-5-16-28-43)50-35-47(41-23-11-3-12-24-41)32-48(36-50)42-25-13-4-14-26-42/h1-38H. The van der Waals surface area contributed by atoms with Gasteiger partial charge in [0.15, 0.2) is 0 Å². The van der Waals surface area contributed by atoms with Gasteiger partial charge in [0.05, 0.1) is 0 Å². The Morgan fingerprint density at radius 2 is 0.315 bits per heavy atom. The third-order valence-electron chi connectivity index (χ3n) is 10.2. The zero-order valence-electron chi connectivity index (χ0n) is 29.9. The average Bonchev–Trinajstić information content (AvgIpc) is 3.27. The van der Waals surface area contributed by atoms with E-state index in [9.17, 15) is 0 Å². The molecule has 0 saturated carbocycles. The van der Waals surface area contributed by atoms with Crippen molar-refractivity contribution in [3.8, 4) is 89.0 Å². The van der Waals surface area contributed by atoms with E-state index in [-0.39, 0.29) is 0 Å². The minimum Gasteiger partial charge on any atom is -0.0622 e. The molecule has 9 aromatic rings. The summed E-state index contributed by atoms with van der Waals surface area (Å²) in [7, 11) is 0. The van der Waals surface area contributed by atoms with Crippen LogP contribution in [0.15, 0.2) is 231 Å². The lowest BCUT2D eigenvalue weighted by atomic mass is 9.83. The fourth-order valence-electron chi connectivity index (χ4n) is 7.55. The molecule has 0 aliphatic carbocycles. The molecule has 0 radical (unpaired) electrons. The van der Waals surface area contributed by atoms with Gasteiger partial charge in [-0.15, -0.1) is 0 Å². The van der Waals surface area contributed by atoms with E-state index in [1.54, 1.807) is 0 Å².